The first-order valence-corrected chi connectivity index (χ1v) is 7.96. The average molecular weight is 422 g/mol. The van der Waals surface area contributed by atoms with Gasteiger partial charge in [-0.1, -0.05) is 12.1 Å². The van der Waals surface area contributed by atoms with E-state index in [1.54, 1.807) is 0 Å². The van der Waals surface area contributed by atoms with Crippen LogP contribution < -0.4 is 11.5 Å². The Morgan fingerprint density at radius 3 is 1.17 bits per heavy atom. The third kappa shape index (κ3) is 5.92. The molecule has 0 unspecified atom stereocenters. The van der Waals surface area contributed by atoms with E-state index in [9.17, 15) is 19.2 Å². The van der Waals surface area contributed by atoms with E-state index in [0.29, 0.717) is 0 Å². The third-order valence-electron chi connectivity index (χ3n) is 3.75. The van der Waals surface area contributed by atoms with Gasteiger partial charge in [-0.05, 0) is 35.4 Å². The highest BCUT2D eigenvalue weighted by atomic mass is 16.4. The monoisotopic (exact) mass is 422 g/mol. The second-order valence-electron chi connectivity index (χ2n) is 5.80. The van der Waals surface area contributed by atoms with Crippen LogP contribution in [0.25, 0.3) is 0 Å². The van der Waals surface area contributed by atoms with Crippen LogP contribution in [0.5, 0.6) is 11.5 Å². The Balaban J connectivity index is 0.000000300. The molecular formula is C18H18N2O10. The lowest BCUT2D eigenvalue weighted by Gasteiger charge is -2.08. The Hall–Kier alpha value is -4.16. The van der Waals surface area contributed by atoms with Crippen LogP contribution in [0.3, 0.4) is 0 Å². The molecule has 0 saturated heterocycles. The summed E-state index contributed by atoms with van der Waals surface area (Å²) in [5.74, 6) is -6.07. The predicted molar refractivity (Wildman–Crippen MR) is 99.3 cm³/mol. The fraction of sp³-hybridized carbons (Fsp3) is 0.111. The zero-order valence-electron chi connectivity index (χ0n) is 15.1. The number of benzene rings is 2. The van der Waals surface area contributed by atoms with Gasteiger partial charge < -0.3 is 42.1 Å². The SMILES string of the molecule is N[C@H](C(=O)O)c1ccc(O)c(C(=O)O)c1.N[C@H](C(=O)O)c1ccc(O)c(C(=O)O)c1. The van der Waals surface area contributed by atoms with E-state index in [1.807, 2.05) is 0 Å². The number of hydrogen-bond donors (Lipinski definition) is 8. The van der Waals surface area contributed by atoms with Gasteiger partial charge in [0.25, 0.3) is 0 Å². The van der Waals surface area contributed by atoms with Crippen LogP contribution in [-0.2, 0) is 9.59 Å². The molecule has 0 heterocycles. The zero-order chi connectivity index (χ0) is 23.2. The van der Waals surface area contributed by atoms with E-state index in [1.165, 1.54) is 12.1 Å². The number of phenols is 2. The number of aliphatic carboxylic acids is 2. The van der Waals surface area contributed by atoms with Crippen molar-refractivity contribution in [3.8, 4) is 11.5 Å². The summed E-state index contributed by atoms with van der Waals surface area (Å²) in [6.07, 6.45) is 0. The van der Waals surface area contributed by atoms with E-state index < -0.39 is 47.5 Å². The number of hydrogen-bond acceptors (Lipinski definition) is 8. The highest BCUT2D eigenvalue weighted by Gasteiger charge is 2.19. The number of carboxylic acid groups (broad SMARTS) is 4. The van der Waals surface area contributed by atoms with Crippen molar-refractivity contribution in [1.29, 1.82) is 0 Å². The number of aromatic carboxylic acids is 2. The molecule has 0 amide bonds. The quantitative estimate of drug-likeness (QED) is 0.314. The van der Waals surface area contributed by atoms with Crippen molar-refractivity contribution < 1.29 is 49.8 Å². The molecule has 12 heteroatoms. The van der Waals surface area contributed by atoms with Crippen LogP contribution in [0.15, 0.2) is 36.4 Å². The lowest BCUT2D eigenvalue weighted by Crippen LogP contribution is -2.20. The van der Waals surface area contributed by atoms with Crippen molar-refractivity contribution in [2.24, 2.45) is 11.5 Å². The summed E-state index contributed by atoms with van der Waals surface area (Å²) in [6, 6.07) is 4.20. The molecule has 12 nitrogen and oxygen atoms in total. The first-order chi connectivity index (χ1) is 13.9. The molecule has 0 radical (unpaired) electrons. The summed E-state index contributed by atoms with van der Waals surface area (Å²) in [7, 11) is 0. The van der Waals surface area contributed by atoms with E-state index in [2.05, 4.69) is 0 Å². The summed E-state index contributed by atoms with van der Waals surface area (Å²) in [4.78, 5) is 42.3. The summed E-state index contributed by atoms with van der Waals surface area (Å²) in [5.41, 5.74) is 10.1. The Kier molecular flexibility index (Phi) is 7.85. The van der Waals surface area contributed by atoms with E-state index in [4.69, 9.17) is 42.1 Å². The molecular weight excluding hydrogens is 404 g/mol. The molecule has 0 fully saturated rings. The van der Waals surface area contributed by atoms with Gasteiger partial charge in [-0.15, -0.1) is 0 Å². The fourth-order valence-corrected chi connectivity index (χ4v) is 2.12. The normalized spacial score (nSPS) is 12.1. The molecule has 160 valence electrons. The standard InChI is InChI=1S/2C9H9NO5/c2*10-7(9(14)15)4-1-2-6(11)5(3-4)8(12)13/h2*1-3,7,11H,10H2,(H,12,13)(H,14,15)/t2*7-/m00/s1. The maximum Gasteiger partial charge on any atom is 0.339 e. The van der Waals surface area contributed by atoms with Crippen molar-refractivity contribution in [1.82, 2.24) is 0 Å². The second kappa shape index (κ2) is 9.86. The van der Waals surface area contributed by atoms with Crippen LogP contribution in [0, 0.1) is 0 Å². The molecule has 2 aromatic rings. The van der Waals surface area contributed by atoms with Gasteiger partial charge in [0.05, 0.1) is 0 Å². The molecule has 2 rings (SSSR count). The molecule has 0 aromatic heterocycles. The minimum atomic E-state index is -1.34. The first-order valence-electron chi connectivity index (χ1n) is 7.96. The van der Waals surface area contributed by atoms with Crippen molar-refractivity contribution in [2.45, 2.75) is 12.1 Å². The number of carboxylic acids is 4. The molecule has 2 aromatic carbocycles. The Morgan fingerprint density at radius 1 is 0.633 bits per heavy atom. The fourth-order valence-electron chi connectivity index (χ4n) is 2.12. The first kappa shape index (κ1) is 23.9. The van der Waals surface area contributed by atoms with Gasteiger partial charge in [-0.25, -0.2) is 9.59 Å². The average Bonchev–Trinajstić information content (AvgIpc) is 2.67. The molecule has 30 heavy (non-hydrogen) atoms. The minimum Gasteiger partial charge on any atom is -0.507 e. The lowest BCUT2D eigenvalue weighted by atomic mass is 10.0. The van der Waals surface area contributed by atoms with Crippen LogP contribution in [-0.4, -0.2) is 54.5 Å². The zero-order valence-corrected chi connectivity index (χ0v) is 15.1. The van der Waals surface area contributed by atoms with E-state index in [0.717, 1.165) is 24.3 Å². The molecule has 0 aliphatic heterocycles. The molecule has 0 saturated carbocycles. The van der Waals surface area contributed by atoms with Crippen LogP contribution in [0.4, 0.5) is 0 Å². The molecule has 0 bridgehead atoms. The van der Waals surface area contributed by atoms with E-state index in [-0.39, 0.29) is 22.3 Å². The molecule has 0 aliphatic carbocycles. The van der Waals surface area contributed by atoms with E-state index >= 15 is 0 Å². The minimum absolute atomic E-state index is 0.123. The van der Waals surface area contributed by atoms with Crippen molar-refractivity contribution >= 4 is 23.9 Å². The number of nitrogens with two attached hydrogens (primary N) is 2. The molecule has 0 spiro atoms. The Labute approximate surface area is 168 Å². The highest BCUT2D eigenvalue weighted by Crippen LogP contribution is 2.22. The van der Waals surface area contributed by atoms with Gasteiger partial charge >= 0.3 is 23.9 Å². The number of aromatic hydroxyl groups is 2. The van der Waals surface area contributed by atoms with Gasteiger partial charge in [0.1, 0.15) is 34.7 Å². The maximum atomic E-state index is 10.6. The van der Waals surface area contributed by atoms with Crippen LogP contribution in [0.2, 0.25) is 0 Å². The third-order valence-corrected chi connectivity index (χ3v) is 3.75. The molecule has 0 aliphatic rings. The predicted octanol–water partition coefficient (Wildman–Crippen LogP) is 0.350. The van der Waals surface area contributed by atoms with Gasteiger partial charge in [0.15, 0.2) is 0 Å². The smallest absolute Gasteiger partial charge is 0.339 e. The summed E-state index contributed by atoms with van der Waals surface area (Å²) < 4.78 is 0. The Morgan fingerprint density at radius 2 is 0.933 bits per heavy atom. The largest absolute Gasteiger partial charge is 0.507 e. The number of carbonyl (C=O) groups is 4. The van der Waals surface area contributed by atoms with Crippen molar-refractivity contribution in [2.75, 3.05) is 0 Å². The second-order valence-corrected chi connectivity index (χ2v) is 5.80. The van der Waals surface area contributed by atoms with Gasteiger partial charge in [0.2, 0.25) is 0 Å². The topological polar surface area (TPSA) is 242 Å². The van der Waals surface area contributed by atoms with Gasteiger partial charge in [0, 0.05) is 0 Å². The van der Waals surface area contributed by atoms with Crippen LogP contribution >= 0.6 is 0 Å². The number of rotatable bonds is 6. The summed E-state index contributed by atoms with van der Waals surface area (Å²) >= 11 is 0. The Bertz CT molecular complexity index is 909. The van der Waals surface area contributed by atoms with Crippen LogP contribution in [0.1, 0.15) is 43.9 Å². The van der Waals surface area contributed by atoms with Crippen molar-refractivity contribution in [3.05, 3.63) is 58.7 Å². The molecule has 10 N–H and O–H groups in total. The highest BCUT2D eigenvalue weighted by molar-refractivity contribution is 5.92. The van der Waals surface area contributed by atoms with Crippen molar-refractivity contribution in [3.63, 3.8) is 0 Å². The van der Waals surface area contributed by atoms with Gasteiger partial charge in [-0.3, -0.25) is 9.59 Å². The lowest BCUT2D eigenvalue weighted by molar-refractivity contribution is -0.139. The van der Waals surface area contributed by atoms with Gasteiger partial charge in [-0.2, -0.15) is 0 Å². The summed E-state index contributed by atoms with van der Waals surface area (Å²) in [6.45, 7) is 0. The molecule has 2 atom stereocenters. The summed E-state index contributed by atoms with van der Waals surface area (Å²) in [5, 5.41) is 52.8. The maximum absolute atomic E-state index is 10.6.